The summed E-state index contributed by atoms with van der Waals surface area (Å²) in [4.78, 5) is 44.7. The Morgan fingerprint density at radius 2 is 1.73 bits per heavy atom. The van der Waals surface area contributed by atoms with Gasteiger partial charge in [-0.05, 0) is 93.4 Å². The van der Waals surface area contributed by atoms with Crippen molar-refractivity contribution >= 4 is 17.8 Å². The summed E-state index contributed by atoms with van der Waals surface area (Å²) in [6.45, 7) is 14.1. The Morgan fingerprint density at radius 3 is 2.31 bits per heavy atom. The predicted molar refractivity (Wildman–Crippen MR) is 179 cm³/mol. The summed E-state index contributed by atoms with van der Waals surface area (Å²) in [6.07, 6.45) is -0.595. The molecule has 3 heterocycles. The smallest absolute Gasteiger partial charge is 0.408 e. The summed E-state index contributed by atoms with van der Waals surface area (Å²) in [5.41, 5.74) is -2.16. The summed E-state index contributed by atoms with van der Waals surface area (Å²) in [5, 5.41) is 18.1. The summed E-state index contributed by atoms with van der Waals surface area (Å²) < 4.78 is 31.2. The molecule has 1 amide bonds. The van der Waals surface area contributed by atoms with E-state index in [0.29, 0.717) is 38.4 Å². The molecule has 13 atom stereocenters. The Hall–Kier alpha value is -1.87. The average molecular weight is 683 g/mol. The van der Waals surface area contributed by atoms with E-state index in [1.165, 1.54) is 19.8 Å². The summed E-state index contributed by atoms with van der Waals surface area (Å²) in [7, 11) is 7.57. The molecule has 0 aromatic rings. The van der Waals surface area contributed by atoms with Gasteiger partial charge in [-0.1, -0.05) is 20.8 Å². The molecule has 4 fully saturated rings. The number of rotatable bonds is 8. The second-order valence-electron chi connectivity index (χ2n) is 15.6. The van der Waals surface area contributed by atoms with Crippen molar-refractivity contribution < 1.29 is 43.2 Å². The molecule has 13 nitrogen and oxygen atoms in total. The highest BCUT2D eigenvalue weighted by molar-refractivity contribution is 6.00. The standard InChI is InChI=1S/C35H62N4O9/c1-12-26-35(7)29(37-33(43)48-35)22(5)36-17-19(2)16-34(6,44-11)30(20(3)27(40)21(4)31(42)46-26)47-32-28(41)25(38(8)9)15-24(45-32)18-39(10)23-13-14-23/h19-26,28-30,32,36,41H,12-18H2,1-11H3,(H,37,43)/t19-,20+,21-,22-,24+,25?,26+,28?,29-,30-,32+,34-,35-/m1/s1. The molecule has 4 aliphatic rings. The highest BCUT2D eigenvalue weighted by Gasteiger charge is 2.55. The Bertz CT molecular complexity index is 1140. The molecular weight excluding hydrogens is 620 g/mol. The van der Waals surface area contributed by atoms with E-state index in [4.69, 9.17) is 23.7 Å². The number of amides is 1. The van der Waals surface area contributed by atoms with E-state index in [9.17, 15) is 19.5 Å². The zero-order chi connectivity index (χ0) is 35.7. The topological polar surface area (TPSA) is 148 Å². The lowest BCUT2D eigenvalue weighted by Crippen LogP contribution is -2.60. The second-order valence-corrected chi connectivity index (χ2v) is 15.6. The van der Waals surface area contributed by atoms with E-state index in [-0.39, 0.29) is 29.9 Å². The minimum absolute atomic E-state index is 0.0316. The number of Topliss-reactive ketones (excluding diaryl/α,β-unsaturated/α-hetero) is 1. The number of ether oxygens (including phenoxy) is 5. The number of esters is 1. The van der Waals surface area contributed by atoms with Gasteiger partial charge in [0.05, 0.1) is 23.9 Å². The van der Waals surface area contributed by atoms with Crippen molar-refractivity contribution in [3.8, 4) is 0 Å². The molecule has 13 heteroatoms. The number of cyclic esters (lactones) is 1. The summed E-state index contributed by atoms with van der Waals surface area (Å²) >= 11 is 0. The van der Waals surface area contributed by atoms with Crippen molar-refractivity contribution in [2.75, 3.05) is 41.3 Å². The molecule has 0 spiro atoms. The van der Waals surface area contributed by atoms with Crippen LogP contribution in [0.1, 0.15) is 80.6 Å². The first-order chi connectivity index (χ1) is 22.4. The van der Waals surface area contributed by atoms with Gasteiger partial charge in [0.2, 0.25) is 0 Å². The number of nitrogens with zero attached hydrogens (tertiary/aromatic N) is 2. The number of alkyl carbamates (subject to hydrolysis) is 1. The number of ketones is 1. The van der Waals surface area contributed by atoms with Crippen LogP contribution in [0.3, 0.4) is 0 Å². The second kappa shape index (κ2) is 15.6. The molecule has 48 heavy (non-hydrogen) atoms. The zero-order valence-corrected chi connectivity index (χ0v) is 31.0. The number of hydrogen-bond donors (Lipinski definition) is 3. The molecule has 0 aromatic carbocycles. The lowest BCUT2D eigenvalue weighted by molar-refractivity contribution is -0.298. The first-order valence-corrected chi connectivity index (χ1v) is 17.8. The maximum Gasteiger partial charge on any atom is 0.408 e. The van der Waals surface area contributed by atoms with Crippen LogP contribution < -0.4 is 10.6 Å². The largest absolute Gasteiger partial charge is 0.458 e. The maximum atomic E-state index is 14.2. The number of carbonyl (C=O) groups is 3. The van der Waals surface area contributed by atoms with Crippen LogP contribution in [0.2, 0.25) is 0 Å². The van der Waals surface area contributed by atoms with E-state index in [1.54, 1.807) is 21.0 Å². The molecule has 4 rings (SSSR count). The van der Waals surface area contributed by atoms with Crippen molar-refractivity contribution in [3.05, 3.63) is 0 Å². The van der Waals surface area contributed by atoms with Gasteiger partial charge in [0.15, 0.2) is 17.7 Å². The molecule has 3 aliphatic heterocycles. The van der Waals surface area contributed by atoms with Crippen LogP contribution in [0.4, 0.5) is 4.79 Å². The fourth-order valence-electron chi connectivity index (χ4n) is 8.13. The van der Waals surface area contributed by atoms with Crippen LogP contribution in [0, 0.1) is 17.8 Å². The highest BCUT2D eigenvalue weighted by Crippen LogP contribution is 2.38. The molecule has 2 unspecified atom stereocenters. The van der Waals surface area contributed by atoms with Crippen LogP contribution >= 0.6 is 0 Å². The van der Waals surface area contributed by atoms with Crippen molar-refractivity contribution in [2.45, 2.75) is 147 Å². The third-order valence-electron chi connectivity index (χ3n) is 11.4. The molecule has 1 aliphatic carbocycles. The Morgan fingerprint density at radius 1 is 1.06 bits per heavy atom. The third kappa shape index (κ3) is 8.35. The Labute approximate surface area is 287 Å². The van der Waals surface area contributed by atoms with Crippen LogP contribution in [0.5, 0.6) is 0 Å². The molecule has 276 valence electrons. The van der Waals surface area contributed by atoms with E-state index in [2.05, 4.69) is 29.5 Å². The minimum atomic E-state index is -1.15. The fraction of sp³-hybridized carbons (Fsp3) is 0.914. The molecule has 3 saturated heterocycles. The number of hydrogen-bond acceptors (Lipinski definition) is 12. The zero-order valence-electron chi connectivity index (χ0n) is 31.0. The number of aliphatic hydroxyl groups is 1. The molecule has 0 bridgehead atoms. The molecule has 3 N–H and O–H groups in total. The Balaban J connectivity index is 1.68. The number of carbonyl (C=O) groups excluding carboxylic acids is 3. The summed E-state index contributed by atoms with van der Waals surface area (Å²) in [6, 6.07) is -0.403. The van der Waals surface area contributed by atoms with E-state index >= 15 is 0 Å². The molecule has 0 radical (unpaired) electrons. The lowest BCUT2D eigenvalue weighted by Gasteiger charge is -2.47. The van der Waals surface area contributed by atoms with Crippen LogP contribution in [0.25, 0.3) is 0 Å². The molecule has 0 aromatic heterocycles. The van der Waals surface area contributed by atoms with E-state index in [1.807, 2.05) is 39.8 Å². The number of aliphatic hydroxyl groups excluding tert-OH is 1. The van der Waals surface area contributed by atoms with Crippen LogP contribution in [0.15, 0.2) is 0 Å². The Kier molecular flexibility index (Phi) is 12.6. The lowest BCUT2D eigenvalue weighted by atomic mass is 9.78. The van der Waals surface area contributed by atoms with E-state index < -0.39 is 65.7 Å². The molecular formula is C35H62N4O9. The van der Waals surface area contributed by atoms with Gasteiger partial charge in [0.1, 0.15) is 18.1 Å². The SMILES string of the molecule is CC[C@@H]1OC(=O)[C@H](C)C(=O)[C@H](C)[C@@H](O[C@@H]2O[C@H](CN(C)C3CC3)CC(N(C)C)C2O)[C@](C)(OC)C[C@@H](C)CN[C@H](C)[C@H]2NC(=O)O[C@]12C. The fourth-order valence-corrected chi connectivity index (χ4v) is 8.13. The van der Waals surface area contributed by atoms with Crippen LogP contribution in [-0.2, 0) is 33.3 Å². The number of nitrogens with one attached hydrogen (secondary N) is 2. The average Bonchev–Trinajstić information content (AvgIpc) is 3.84. The van der Waals surface area contributed by atoms with Gasteiger partial charge in [-0.3, -0.25) is 9.59 Å². The number of likely N-dealkylation sites (N-methyl/N-ethyl adjacent to an activating group) is 2. The minimum Gasteiger partial charge on any atom is -0.458 e. The predicted octanol–water partition coefficient (Wildman–Crippen LogP) is 2.33. The van der Waals surface area contributed by atoms with E-state index in [0.717, 1.165) is 0 Å². The highest BCUT2D eigenvalue weighted by atomic mass is 16.7. The number of methoxy groups -OCH3 is 1. The van der Waals surface area contributed by atoms with Crippen molar-refractivity contribution in [2.24, 2.45) is 17.8 Å². The maximum absolute atomic E-state index is 14.2. The van der Waals surface area contributed by atoms with Gasteiger partial charge in [0.25, 0.3) is 0 Å². The third-order valence-corrected chi connectivity index (χ3v) is 11.4. The van der Waals surface area contributed by atoms with Gasteiger partial charge in [-0.15, -0.1) is 0 Å². The monoisotopic (exact) mass is 682 g/mol. The quantitative estimate of drug-likeness (QED) is 0.255. The van der Waals surface area contributed by atoms with Gasteiger partial charge in [-0.2, -0.15) is 0 Å². The van der Waals surface area contributed by atoms with Gasteiger partial charge >= 0.3 is 12.1 Å². The normalized spacial score (nSPS) is 43.6. The van der Waals surface area contributed by atoms with Crippen molar-refractivity contribution in [3.63, 3.8) is 0 Å². The van der Waals surface area contributed by atoms with Crippen LogP contribution in [-0.4, -0.2) is 140 Å². The van der Waals surface area contributed by atoms with Gasteiger partial charge in [-0.25, -0.2) is 4.79 Å². The van der Waals surface area contributed by atoms with Crippen molar-refractivity contribution in [1.82, 2.24) is 20.4 Å². The van der Waals surface area contributed by atoms with Gasteiger partial charge < -0.3 is 49.2 Å². The number of fused-ring (bicyclic) bond motifs is 1. The molecule has 1 saturated carbocycles. The van der Waals surface area contributed by atoms with Gasteiger partial charge in [0, 0.05) is 37.7 Å². The van der Waals surface area contributed by atoms with Crippen molar-refractivity contribution in [1.29, 1.82) is 0 Å². The summed E-state index contributed by atoms with van der Waals surface area (Å²) in [5.74, 6) is -3.02. The first-order valence-electron chi connectivity index (χ1n) is 17.8. The first kappa shape index (κ1) is 38.9.